The molecule has 1 fully saturated rings. The first-order valence-corrected chi connectivity index (χ1v) is 11.2. The number of piperazine rings is 1. The van der Waals surface area contributed by atoms with Crippen molar-refractivity contribution in [2.75, 3.05) is 29.4 Å². The lowest BCUT2D eigenvalue weighted by Gasteiger charge is -2.49. The summed E-state index contributed by atoms with van der Waals surface area (Å²) >= 11 is 6.06. The second-order valence-electron chi connectivity index (χ2n) is 8.36. The van der Waals surface area contributed by atoms with Gasteiger partial charge >= 0.3 is 0 Å². The summed E-state index contributed by atoms with van der Waals surface area (Å²) in [5.41, 5.74) is 2.90. The first kappa shape index (κ1) is 21.3. The Kier molecular flexibility index (Phi) is 5.68. The Morgan fingerprint density at radius 3 is 2.73 bits per heavy atom. The molecule has 33 heavy (non-hydrogen) atoms. The zero-order valence-corrected chi connectivity index (χ0v) is 18.6. The van der Waals surface area contributed by atoms with Crippen molar-refractivity contribution in [1.82, 2.24) is 5.32 Å². The van der Waals surface area contributed by atoms with Gasteiger partial charge in [-0.1, -0.05) is 11.6 Å². The van der Waals surface area contributed by atoms with Crippen molar-refractivity contribution in [3.05, 3.63) is 87.3 Å². The molecule has 0 bridgehead atoms. The van der Waals surface area contributed by atoms with Gasteiger partial charge in [0.1, 0.15) is 5.76 Å². The Labute approximate surface area is 195 Å². The molecule has 3 aromatic rings. The van der Waals surface area contributed by atoms with Crippen molar-refractivity contribution in [2.45, 2.75) is 19.0 Å². The number of furan rings is 1. The number of nitro groups is 1. The fraction of sp³-hybridized carbons (Fsp3) is 0.292. The molecule has 170 valence electrons. The molecule has 0 radical (unpaired) electrons. The quantitative estimate of drug-likeness (QED) is 0.451. The predicted octanol–water partition coefficient (Wildman–Crippen LogP) is 4.03. The highest BCUT2D eigenvalue weighted by Crippen LogP contribution is 2.38. The number of rotatable bonds is 5. The third kappa shape index (κ3) is 4.26. The lowest BCUT2D eigenvalue weighted by atomic mass is 9.83. The summed E-state index contributed by atoms with van der Waals surface area (Å²) in [6.45, 7) is 2.45. The molecule has 1 saturated heterocycles. The van der Waals surface area contributed by atoms with Gasteiger partial charge in [0.2, 0.25) is 5.91 Å². The number of nitro benzene ring substituents is 1. The Balaban J connectivity index is 1.44. The van der Waals surface area contributed by atoms with Crippen LogP contribution in [0.1, 0.15) is 11.3 Å². The molecule has 9 heteroatoms. The number of non-ortho nitro benzene ring substituents is 1. The highest BCUT2D eigenvalue weighted by atomic mass is 35.5. The molecule has 2 aromatic carbocycles. The van der Waals surface area contributed by atoms with Crippen molar-refractivity contribution >= 4 is 34.6 Å². The summed E-state index contributed by atoms with van der Waals surface area (Å²) in [5, 5.41) is 15.0. The van der Waals surface area contributed by atoms with Gasteiger partial charge in [-0.05, 0) is 54.4 Å². The molecule has 2 aliphatic rings. The molecule has 1 N–H and O–H groups in total. The van der Waals surface area contributed by atoms with Crippen LogP contribution in [0.3, 0.4) is 0 Å². The van der Waals surface area contributed by atoms with E-state index in [9.17, 15) is 14.9 Å². The van der Waals surface area contributed by atoms with E-state index < -0.39 is 4.92 Å². The molecule has 1 amide bonds. The second kappa shape index (κ2) is 8.78. The SMILES string of the molecule is O=C(NCc1ccco1)[C@@H]1Cc2cc([N+](=O)[O-])ccc2N2CCN(c3ccc(Cl)cc3)C[C@@H]12. The van der Waals surface area contributed by atoms with Crippen LogP contribution in [0.5, 0.6) is 0 Å². The number of fused-ring (bicyclic) bond motifs is 3. The summed E-state index contributed by atoms with van der Waals surface area (Å²) in [5.74, 6) is 0.236. The third-order valence-electron chi connectivity index (χ3n) is 6.45. The lowest BCUT2D eigenvalue weighted by molar-refractivity contribution is -0.384. The van der Waals surface area contributed by atoms with Crippen molar-refractivity contribution in [3.8, 4) is 0 Å². The highest BCUT2D eigenvalue weighted by Gasteiger charge is 2.42. The van der Waals surface area contributed by atoms with E-state index in [2.05, 4.69) is 15.1 Å². The zero-order valence-electron chi connectivity index (χ0n) is 17.8. The standard InChI is InChI=1S/C24H23ClN4O4/c25-17-3-5-18(6-4-17)27-9-10-28-22-8-7-19(29(31)32)12-16(22)13-21(23(28)15-27)24(30)26-14-20-2-1-11-33-20/h1-8,11-12,21,23H,9-10,13-15H2,(H,26,30)/t21-,23+/m1/s1. The van der Waals surface area contributed by atoms with Crippen LogP contribution in [0.4, 0.5) is 17.1 Å². The van der Waals surface area contributed by atoms with Gasteiger partial charge in [0, 0.05) is 48.2 Å². The number of nitrogens with one attached hydrogen (secondary N) is 1. The number of benzene rings is 2. The van der Waals surface area contributed by atoms with Gasteiger partial charge < -0.3 is 19.5 Å². The van der Waals surface area contributed by atoms with Crippen LogP contribution in [0.25, 0.3) is 0 Å². The molecule has 2 aliphatic heterocycles. The number of nitrogens with zero attached hydrogens (tertiary/aromatic N) is 3. The fourth-order valence-corrected chi connectivity index (χ4v) is 4.95. The van der Waals surface area contributed by atoms with Gasteiger partial charge in [-0.2, -0.15) is 0 Å². The van der Waals surface area contributed by atoms with Crippen LogP contribution >= 0.6 is 11.6 Å². The lowest BCUT2D eigenvalue weighted by Crippen LogP contribution is -2.61. The molecule has 0 aliphatic carbocycles. The Bertz CT molecular complexity index is 1170. The molecule has 5 rings (SSSR count). The number of hydrogen-bond donors (Lipinski definition) is 1. The third-order valence-corrected chi connectivity index (χ3v) is 6.70. The van der Waals surface area contributed by atoms with E-state index in [1.165, 1.54) is 0 Å². The summed E-state index contributed by atoms with van der Waals surface area (Å²) < 4.78 is 5.34. The Morgan fingerprint density at radius 1 is 1.18 bits per heavy atom. The van der Waals surface area contributed by atoms with E-state index in [4.69, 9.17) is 16.0 Å². The van der Waals surface area contributed by atoms with E-state index in [1.807, 2.05) is 36.4 Å². The average molecular weight is 467 g/mol. The van der Waals surface area contributed by atoms with Gasteiger partial charge in [-0.15, -0.1) is 0 Å². The average Bonchev–Trinajstić information content (AvgIpc) is 3.35. The van der Waals surface area contributed by atoms with Crippen LogP contribution < -0.4 is 15.1 Å². The minimum Gasteiger partial charge on any atom is -0.467 e. The summed E-state index contributed by atoms with van der Waals surface area (Å²) in [4.78, 5) is 28.7. The van der Waals surface area contributed by atoms with E-state index in [-0.39, 0.29) is 23.6 Å². The maximum atomic E-state index is 13.3. The van der Waals surface area contributed by atoms with Crippen molar-refractivity contribution in [1.29, 1.82) is 0 Å². The second-order valence-corrected chi connectivity index (χ2v) is 8.80. The summed E-state index contributed by atoms with van der Waals surface area (Å²) in [6, 6.07) is 16.2. The number of halogens is 1. The molecule has 0 unspecified atom stereocenters. The largest absolute Gasteiger partial charge is 0.467 e. The zero-order chi connectivity index (χ0) is 22.9. The fourth-order valence-electron chi connectivity index (χ4n) is 4.83. The first-order valence-electron chi connectivity index (χ1n) is 10.8. The van der Waals surface area contributed by atoms with Crippen molar-refractivity contribution in [2.24, 2.45) is 5.92 Å². The summed E-state index contributed by atoms with van der Waals surface area (Å²) in [6.07, 6.45) is 2.01. The maximum absolute atomic E-state index is 13.3. The smallest absolute Gasteiger partial charge is 0.269 e. The molecule has 0 spiro atoms. The number of carbonyl (C=O) groups excluding carboxylic acids is 1. The van der Waals surface area contributed by atoms with Crippen LogP contribution in [0.15, 0.2) is 65.3 Å². The number of carbonyl (C=O) groups is 1. The number of amides is 1. The first-order chi connectivity index (χ1) is 16.0. The molecular weight excluding hydrogens is 444 g/mol. The molecular formula is C24H23ClN4O4. The van der Waals surface area contributed by atoms with Gasteiger partial charge in [-0.25, -0.2) is 0 Å². The molecule has 1 aromatic heterocycles. The minimum absolute atomic E-state index is 0.0433. The minimum atomic E-state index is -0.392. The Morgan fingerprint density at radius 2 is 2.00 bits per heavy atom. The van der Waals surface area contributed by atoms with Crippen molar-refractivity contribution < 1.29 is 14.1 Å². The van der Waals surface area contributed by atoms with E-state index >= 15 is 0 Å². The van der Waals surface area contributed by atoms with Crippen LogP contribution in [0, 0.1) is 16.0 Å². The number of hydrogen-bond acceptors (Lipinski definition) is 6. The van der Waals surface area contributed by atoms with E-state index in [0.717, 1.165) is 23.5 Å². The van der Waals surface area contributed by atoms with Gasteiger partial charge in [0.25, 0.3) is 5.69 Å². The monoisotopic (exact) mass is 466 g/mol. The normalized spacial score (nSPS) is 19.5. The summed E-state index contributed by atoms with van der Waals surface area (Å²) in [7, 11) is 0. The van der Waals surface area contributed by atoms with Gasteiger partial charge in [0.05, 0.1) is 29.7 Å². The van der Waals surface area contributed by atoms with Gasteiger partial charge in [0.15, 0.2) is 0 Å². The van der Waals surface area contributed by atoms with E-state index in [1.54, 1.807) is 24.5 Å². The predicted molar refractivity (Wildman–Crippen MR) is 126 cm³/mol. The van der Waals surface area contributed by atoms with Gasteiger partial charge in [-0.3, -0.25) is 14.9 Å². The topological polar surface area (TPSA) is 91.9 Å². The van der Waals surface area contributed by atoms with Crippen LogP contribution in [-0.4, -0.2) is 36.5 Å². The number of anilines is 2. The molecule has 8 nitrogen and oxygen atoms in total. The van der Waals surface area contributed by atoms with Crippen molar-refractivity contribution in [3.63, 3.8) is 0 Å². The molecule has 0 saturated carbocycles. The highest BCUT2D eigenvalue weighted by molar-refractivity contribution is 6.30. The Hall–Kier alpha value is -3.52. The van der Waals surface area contributed by atoms with Crippen LogP contribution in [-0.2, 0) is 17.8 Å². The maximum Gasteiger partial charge on any atom is 0.269 e. The molecule has 3 heterocycles. The van der Waals surface area contributed by atoms with E-state index in [0.29, 0.717) is 36.8 Å². The van der Waals surface area contributed by atoms with Crippen LogP contribution in [0.2, 0.25) is 5.02 Å². The molecule has 2 atom stereocenters.